The normalized spacial score (nSPS) is 12.0. The maximum atomic E-state index is 13.0. The molecular formula is C12H11F6NO3. The van der Waals surface area contributed by atoms with E-state index >= 15 is 0 Å². The van der Waals surface area contributed by atoms with Crippen molar-refractivity contribution in [3.05, 3.63) is 17.2 Å². The van der Waals surface area contributed by atoms with Crippen LogP contribution in [0.3, 0.4) is 0 Å². The predicted octanol–water partition coefficient (Wildman–Crippen LogP) is 3.88. The molecule has 0 radical (unpaired) electrons. The number of halogens is 6. The zero-order valence-electron chi connectivity index (χ0n) is 11.6. The Labute approximate surface area is 121 Å². The highest BCUT2D eigenvalue weighted by Gasteiger charge is 2.42. The van der Waals surface area contributed by atoms with Crippen molar-refractivity contribution in [1.29, 1.82) is 0 Å². The van der Waals surface area contributed by atoms with Gasteiger partial charge < -0.3 is 14.8 Å². The third kappa shape index (κ3) is 4.18. The van der Waals surface area contributed by atoms with Gasteiger partial charge in [0.1, 0.15) is 11.3 Å². The molecular weight excluding hydrogens is 320 g/mol. The lowest BCUT2D eigenvalue weighted by molar-refractivity contribution is -0.276. The van der Waals surface area contributed by atoms with Gasteiger partial charge in [0.2, 0.25) is 5.91 Å². The minimum absolute atomic E-state index is 0.134. The van der Waals surface area contributed by atoms with Crippen LogP contribution >= 0.6 is 0 Å². The summed E-state index contributed by atoms with van der Waals surface area (Å²) in [5.74, 6) is -2.74. The molecule has 0 spiro atoms. The van der Waals surface area contributed by atoms with Gasteiger partial charge in [0.25, 0.3) is 0 Å². The van der Waals surface area contributed by atoms with Crippen molar-refractivity contribution in [2.75, 3.05) is 12.4 Å². The Kier molecular flexibility index (Phi) is 4.83. The fraction of sp³-hybridized carbons (Fsp3) is 0.417. The van der Waals surface area contributed by atoms with E-state index in [1.165, 1.54) is 6.92 Å². The first-order valence-electron chi connectivity index (χ1n) is 5.69. The lowest BCUT2D eigenvalue weighted by Crippen LogP contribution is -2.22. The van der Waals surface area contributed by atoms with Crippen LogP contribution < -0.4 is 14.8 Å². The molecule has 1 amide bonds. The highest BCUT2D eigenvalue weighted by atomic mass is 19.4. The lowest BCUT2D eigenvalue weighted by atomic mass is 10.1. The van der Waals surface area contributed by atoms with Crippen molar-refractivity contribution in [2.24, 2.45) is 0 Å². The molecule has 4 nitrogen and oxygen atoms in total. The smallest absolute Gasteiger partial charge is 0.496 e. The monoisotopic (exact) mass is 331 g/mol. The average molecular weight is 331 g/mol. The fourth-order valence-corrected chi connectivity index (χ4v) is 1.70. The summed E-state index contributed by atoms with van der Waals surface area (Å²) in [6.07, 6.45) is -10.5. The Balaban J connectivity index is 3.71. The van der Waals surface area contributed by atoms with Crippen molar-refractivity contribution in [2.45, 2.75) is 26.4 Å². The molecule has 0 fully saturated rings. The number of carbonyl (C=O) groups is 1. The van der Waals surface area contributed by atoms with E-state index < -0.39 is 35.4 Å². The van der Waals surface area contributed by atoms with E-state index in [4.69, 9.17) is 4.74 Å². The summed E-state index contributed by atoms with van der Waals surface area (Å²) < 4.78 is 84.3. The van der Waals surface area contributed by atoms with Crippen molar-refractivity contribution >= 4 is 11.6 Å². The molecule has 22 heavy (non-hydrogen) atoms. The van der Waals surface area contributed by atoms with Crippen LogP contribution in [0.1, 0.15) is 18.1 Å². The Bertz CT molecular complexity index is 580. The average Bonchev–Trinajstić information content (AvgIpc) is 2.30. The molecule has 1 rings (SSSR count). The van der Waals surface area contributed by atoms with Crippen LogP contribution in [0.15, 0.2) is 6.07 Å². The predicted molar refractivity (Wildman–Crippen MR) is 63.7 cm³/mol. The van der Waals surface area contributed by atoms with Gasteiger partial charge in [-0.05, 0) is 13.0 Å². The third-order valence-corrected chi connectivity index (χ3v) is 2.54. The standard InChI is InChI=1S/C12H11F6NO3/c1-5-8(21-3)4-7(11(13,14)15)10(22-12(16,17)18)9(5)19-6(2)20/h4H,1-3H3,(H,19,20). The maximum Gasteiger partial charge on any atom is 0.573 e. The molecule has 124 valence electrons. The number of anilines is 1. The number of hydrogen-bond donors (Lipinski definition) is 1. The van der Waals surface area contributed by atoms with E-state index in [2.05, 4.69) is 4.74 Å². The van der Waals surface area contributed by atoms with Gasteiger partial charge in [-0.25, -0.2) is 0 Å². The van der Waals surface area contributed by atoms with Gasteiger partial charge in [0, 0.05) is 12.5 Å². The Morgan fingerprint density at radius 3 is 2.09 bits per heavy atom. The number of amides is 1. The number of ether oxygens (including phenoxy) is 2. The Hall–Kier alpha value is -2.13. The van der Waals surface area contributed by atoms with Crippen LogP contribution in [0.2, 0.25) is 0 Å². The molecule has 1 aromatic rings. The first-order valence-corrected chi connectivity index (χ1v) is 5.69. The number of nitrogens with one attached hydrogen (secondary N) is 1. The van der Waals surface area contributed by atoms with Gasteiger partial charge in [-0.1, -0.05) is 0 Å². The van der Waals surface area contributed by atoms with E-state index in [9.17, 15) is 31.1 Å². The first kappa shape index (κ1) is 17.9. The Morgan fingerprint density at radius 1 is 1.18 bits per heavy atom. The molecule has 0 aromatic heterocycles. The number of alkyl halides is 6. The van der Waals surface area contributed by atoms with Crippen molar-refractivity contribution in [1.82, 2.24) is 0 Å². The van der Waals surface area contributed by atoms with Gasteiger partial charge in [0.15, 0.2) is 5.75 Å². The number of carbonyl (C=O) groups excluding carboxylic acids is 1. The molecule has 0 aliphatic rings. The minimum atomic E-state index is -5.37. The van der Waals surface area contributed by atoms with Crippen LogP contribution in [-0.2, 0) is 11.0 Å². The fourth-order valence-electron chi connectivity index (χ4n) is 1.70. The van der Waals surface area contributed by atoms with E-state index in [1.807, 2.05) is 5.32 Å². The number of methoxy groups -OCH3 is 1. The summed E-state index contributed by atoms with van der Waals surface area (Å²) in [6.45, 7) is 2.12. The van der Waals surface area contributed by atoms with Crippen molar-refractivity contribution < 1.29 is 40.6 Å². The van der Waals surface area contributed by atoms with Gasteiger partial charge in [-0.15, -0.1) is 13.2 Å². The molecule has 1 N–H and O–H groups in total. The largest absolute Gasteiger partial charge is 0.573 e. The number of rotatable bonds is 3. The van der Waals surface area contributed by atoms with Crippen LogP contribution in [-0.4, -0.2) is 19.4 Å². The quantitative estimate of drug-likeness (QED) is 0.855. The molecule has 0 heterocycles. The lowest BCUT2D eigenvalue weighted by Gasteiger charge is -2.22. The molecule has 0 atom stereocenters. The summed E-state index contributed by atoms with van der Waals surface area (Å²) >= 11 is 0. The van der Waals surface area contributed by atoms with E-state index in [0.717, 1.165) is 14.0 Å². The summed E-state index contributed by atoms with van der Waals surface area (Å²) in [6, 6.07) is 0.377. The van der Waals surface area contributed by atoms with E-state index in [1.54, 1.807) is 0 Å². The summed E-state index contributed by atoms with van der Waals surface area (Å²) in [5.41, 5.74) is -2.60. The van der Waals surface area contributed by atoms with Crippen LogP contribution in [0.25, 0.3) is 0 Å². The number of benzene rings is 1. The van der Waals surface area contributed by atoms with Gasteiger partial charge in [-0.2, -0.15) is 13.2 Å². The molecule has 0 aliphatic carbocycles. The highest BCUT2D eigenvalue weighted by Crippen LogP contribution is 2.47. The van der Waals surface area contributed by atoms with Gasteiger partial charge >= 0.3 is 12.5 Å². The molecule has 0 aliphatic heterocycles. The van der Waals surface area contributed by atoms with Crippen molar-refractivity contribution in [3.8, 4) is 11.5 Å². The maximum absolute atomic E-state index is 13.0. The Morgan fingerprint density at radius 2 is 1.73 bits per heavy atom. The van der Waals surface area contributed by atoms with Gasteiger partial charge in [0.05, 0.1) is 12.8 Å². The first-order chi connectivity index (χ1) is 9.86. The molecule has 10 heteroatoms. The SMILES string of the molecule is COc1cc(C(F)(F)F)c(OC(F)(F)F)c(NC(C)=O)c1C. The second-order valence-corrected chi connectivity index (χ2v) is 4.18. The zero-order valence-corrected chi connectivity index (χ0v) is 11.6. The van der Waals surface area contributed by atoms with Gasteiger partial charge in [-0.3, -0.25) is 4.79 Å². The molecule has 0 bridgehead atoms. The molecule has 1 aromatic carbocycles. The summed E-state index contributed by atoms with van der Waals surface area (Å²) in [4.78, 5) is 11.1. The highest BCUT2D eigenvalue weighted by molar-refractivity contribution is 5.92. The molecule has 0 saturated carbocycles. The summed E-state index contributed by atoms with van der Waals surface area (Å²) in [7, 11) is 1.05. The molecule has 0 saturated heterocycles. The number of hydrogen-bond acceptors (Lipinski definition) is 3. The van der Waals surface area contributed by atoms with Crippen LogP contribution in [0.4, 0.5) is 32.0 Å². The zero-order chi connectivity index (χ0) is 17.3. The second kappa shape index (κ2) is 5.93. The van der Waals surface area contributed by atoms with Crippen LogP contribution in [0.5, 0.6) is 11.5 Å². The van der Waals surface area contributed by atoms with Crippen LogP contribution in [0, 0.1) is 6.92 Å². The third-order valence-electron chi connectivity index (χ3n) is 2.54. The van der Waals surface area contributed by atoms with E-state index in [-0.39, 0.29) is 11.3 Å². The summed E-state index contributed by atoms with van der Waals surface area (Å²) in [5, 5.41) is 1.91. The van der Waals surface area contributed by atoms with Crippen molar-refractivity contribution in [3.63, 3.8) is 0 Å². The second-order valence-electron chi connectivity index (χ2n) is 4.18. The topological polar surface area (TPSA) is 47.6 Å². The van der Waals surface area contributed by atoms with E-state index in [0.29, 0.717) is 6.07 Å². The molecule has 0 unspecified atom stereocenters. The minimum Gasteiger partial charge on any atom is -0.496 e.